The van der Waals surface area contributed by atoms with Crippen LogP contribution in [0.15, 0.2) is 46.9 Å². The maximum atomic E-state index is 6.37. The third kappa shape index (κ3) is 3.71. The fourth-order valence-corrected chi connectivity index (χ4v) is 2.57. The smallest absolute Gasteiger partial charge is 0.0551 e. The van der Waals surface area contributed by atoms with E-state index in [4.69, 9.17) is 5.73 Å². The molecular formula is C18H22BrN. The highest BCUT2D eigenvalue weighted by atomic mass is 79.9. The minimum absolute atomic E-state index is 0.0537. The lowest BCUT2D eigenvalue weighted by Gasteiger charge is -2.14. The predicted molar refractivity (Wildman–Crippen MR) is 90.0 cm³/mol. The van der Waals surface area contributed by atoms with Gasteiger partial charge in [-0.2, -0.15) is 0 Å². The van der Waals surface area contributed by atoms with E-state index >= 15 is 0 Å². The number of aryl methyl sites for hydroxylation is 2. The zero-order valence-electron chi connectivity index (χ0n) is 12.2. The molecule has 2 N–H and O–H groups in total. The average Bonchev–Trinajstić information content (AvgIpc) is 2.48. The van der Waals surface area contributed by atoms with E-state index in [9.17, 15) is 0 Å². The van der Waals surface area contributed by atoms with Gasteiger partial charge < -0.3 is 5.73 Å². The first-order valence-electron chi connectivity index (χ1n) is 7.22. The van der Waals surface area contributed by atoms with Gasteiger partial charge in [0.15, 0.2) is 0 Å². The summed E-state index contributed by atoms with van der Waals surface area (Å²) < 4.78 is 1.13. The minimum Gasteiger partial charge on any atom is -0.320 e. The van der Waals surface area contributed by atoms with Crippen molar-refractivity contribution in [3.05, 3.63) is 69.2 Å². The number of rotatable bonds is 5. The summed E-state index contributed by atoms with van der Waals surface area (Å²) in [6.45, 7) is 4.31. The van der Waals surface area contributed by atoms with Gasteiger partial charge in [-0.3, -0.25) is 0 Å². The Labute approximate surface area is 130 Å². The fraction of sp³-hybridized carbons (Fsp3) is 0.333. The Morgan fingerprint density at radius 3 is 2.30 bits per heavy atom. The highest BCUT2D eigenvalue weighted by Gasteiger charge is 2.09. The van der Waals surface area contributed by atoms with Crippen molar-refractivity contribution < 1.29 is 0 Å². The van der Waals surface area contributed by atoms with Crippen LogP contribution in [0.4, 0.5) is 0 Å². The molecule has 0 amide bonds. The standard InChI is InChI=1S/C18H22BrN/c1-3-4-5-14-6-8-15(9-7-14)18(20)16-10-11-17(19)13(2)12-16/h6-12,18H,3-5,20H2,1-2H3. The lowest BCUT2D eigenvalue weighted by atomic mass is 9.96. The molecule has 0 fully saturated rings. The molecule has 0 bridgehead atoms. The Morgan fingerprint density at radius 2 is 1.70 bits per heavy atom. The van der Waals surface area contributed by atoms with Crippen LogP contribution in [0.5, 0.6) is 0 Å². The molecule has 0 saturated heterocycles. The maximum absolute atomic E-state index is 6.37. The van der Waals surface area contributed by atoms with Gasteiger partial charge in [-0.1, -0.05) is 65.7 Å². The highest BCUT2D eigenvalue weighted by molar-refractivity contribution is 9.10. The summed E-state index contributed by atoms with van der Waals surface area (Å²) in [5.74, 6) is 0. The topological polar surface area (TPSA) is 26.0 Å². The van der Waals surface area contributed by atoms with E-state index < -0.39 is 0 Å². The number of unbranched alkanes of at least 4 members (excludes halogenated alkanes) is 1. The Kier molecular flexibility index (Phi) is 5.38. The molecule has 1 atom stereocenters. The molecule has 0 radical (unpaired) electrons. The van der Waals surface area contributed by atoms with Gasteiger partial charge in [0.1, 0.15) is 0 Å². The summed E-state index contributed by atoms with van der Waals surface area (Å²) in [4.78, 5) is 0. The predicted octanol–water partition coefficient (Wildman–Crippen LogP) is 5.15. The Hall–Kier alpha value is -1.12. The van der Waals surface area contributed by atoms with E-state index in [1.807, 2.05) is 0 Å². The summed E-state index contributed by atoms with van der Waals surface area (Å²) >= 11 is 3.53. The van der Waals surface area contributed by atoms with Gasteiger partial charge in [0, 0.05) is 4.47 Å². The third-order valence-electron chi connectivity index (χ3n) is 3.70. The molecule has 2 rings (SSSR count). The van der Waals surface area contributed by atoms with Crippen LogP contribution in [0.1, 0.15) is 48.1 Å². The van der Waals surface area contributed by atoms with E-state index in [1.54, 1.807) is 0 Å². The first-order valence-corrected chi connectivity index (χ1v) is 8.01. The van der Waals surface area contributed by atoms with Crippen LogP contribution >= 0.6 is 15.9 Å². The molecule has 1 nitrogen and oxygen atoms in total. The van der Waals surface area contributed by atoms with E-state index in [0.29, 0.717) is 0 Å². The molecule has 1 unspecified atom stereocenters. The first-order chi connectivity index (χ1) is 9.61. The molecule has 106 valence electrons. The second kappa shape index (κ2) is 7.05. The average molecular weight is 332 g/mol. The minimum atomic E-state index is -0.0537. The van der Waals surface area contributed by atoms with Gasteiger partial charge in [-0.15, -0.1) is 0 Å². The van der Waals surface area contributed by atoms with Crippen LogP contribution < -0.4 is 5.73 Å². The normalized spacial score (nSPS) is 12.4. The molecule has 2 aromatic rings. The van der Waals surface area contributed by atoms with Crippen LogP contribution in [0.3, 0.4) is 0 Å². The molecule has 0 saturated carbocycles. The molecule has 0 aromatic heterocycles. The maximum Gasteiger partial charge on any atom is 0.0551 e. The molecule has 0 aliphatic carbocycles. The Morgan fingerprint density at radius 1 is 1.05 bits per heavy atom. The summed E-state index contributed by atoms with van der Waals surface area (Å²) in [6.07, 6.45) is 3.64. The molecule has 0 aliphatic rings. The second-order valence-corrected chi connectivity index (χ2v) is 6.19. The molecule has 2 aromatic carbocycles. The van der Waals surface area contributed by atoms with Crippen LogP contribution in [-0.4, -0.2) is 0 Å². The third-order valence-corrected chi connectivity index (χ3v) is 4.59. The van der Waals surface area contributed by atoms with Crippen LogP contribution in [0.25, 0.3) is 0 Å². The van der Waals surface area contributed by atoms with Gasteiger partial charge in [0.05, 0.1) is 6.04 Å². The number of hydrogen-bond donors (Lipinski definition) is 1. The van der Waals surface area contributed by atoms with Crippen molar-refractivity contribution in [1.82, 2.24) is 0 Å². The summed E-state index contributed by atoms with van der Waals surface area (Å²) in [6, 6.07) is 15.0. The molecule has 2 heteroatoms. The van der Waals surface area contributed by atoms with Crippen molar-refractivity contribution in [3.63, 3.8) is 0 Å². The zero-order valence-corrected chi connectivity index (χ0v) is 13.8. The fourth-order valence-electron chi connectivity index (χ4n) is 2.33. The SMILES string of the molecule is CCCCc1ccc(C(N)c2ccc(Br)c(C)c2)cc1. The number of benzene rings is 2. The van der Waals surface area contributed by atoms with Crippen molar-refractivity contribution >= 4 is 15.9 Å². The Bertz CT molecular complexity index is 560. The van der Waals surface area contributed by atoms with Gasteiger partial charge in [-0.25, -0.2) is 0 Å². The molecular weight excluding hydrogens is 310 g/mol. The molecule has 0 aliphatic heterocycles. The largest absolute Gasteiger partial charge is 0.320 e. The van der Waals surface area contributed by atoms with Crippen molar-refractivity contribution in [2.45, 2.75) is 39.2 Å². The molecule has 0 heterocycles. The van der Waals surface area contributed by atoms with Crippen LogP contribution in [-0.2, 0) is 6.42 Å². The lowest BCUT2D eigenvalue weighted by Crippen LogP contribution is -2.12. The van der Waals surface area contributed by atoms with Crippen LogP contribution in [0.2, 0.25) is 0 Å². The zero-order chi connectivity index (χ0) is 14.5. The van der Waals surface area contributed by atoms with Crippen molar-refractivity contribution in [3.8, 4) is 0 Å². The van der Waals surface area contributed by atoms with Gasteiger partial charge in [0.25, 0.3) is 0 Å². The second-order valence-electron chi connectivity index (χ2n) is 5.33. The summed E-state index contributed by atoms with van der Waals surface area (Å²) in [7, 11) is 0. The Balaban J connectivity index is 2.15. The van der Waals surface area contributed by atoms with E-state index in [1.165, 1.54) is 29.5 Å². The van der Waals surface area contributed by atoms with E-state index in [0.717, 1.165) is 16.5 Å². The monoisotopic (exact) mass is 331 g/mol. The van der Waals surface area contributed by atoms with E-state index in [-0.39, 0.29) is 6.04 Å². The van der Waals surface area contributed by atoms with Crippen molar-refractivity contribution in [2.24, 2.45) is 5.73 Å². The first kappa shape index (κ1) is 15.3. The van der Waals surface area contributed by atoms with E-state index in [2.05, 4.69) is 72.2 Å². The number of nitrogens with two attached hydrogens (primary N) is 1. The van der Waals surface area contributed by atoms with Gasteiger partial charge >= 0.3 is 0 Å². The van der Waals surface area contributed by atoms with Gasteiger partial charge in [0.2, 0.25) is 0 Å². The van der Waals surface area contributed by atoms with Crippen molar-refractivity contribution in [2.75, 3.05) is 0 Å². The van der Waals surface area contributed by atoms with Crippen molar-refractivity contribution in [1.29, 1.82) is 0 Å². The summed E-state index contributed by atoms with van der Waals surface area (Å²) in [5.41, 5.74) is 11.3. The lowest BCUT2D eigenvalue weighted by molar-refractivity contribution is 0.793. The number of hydrogen-bond acceptors (Lipinski definition) is 1. The molecule has 20 heavy (non-hydrogen) atoms. The van der Waals surface area contributed by atoms with Crippen LogP contribution in [0, 0.1) is 6.92 Å². The number of halogens is 1. The van der Waals surface area contributed by atoms with Gasteiger partial charge in [-0.05, 0) is 48.1 Å². The highest BCUT2D eigenvalue weighted by Crippen LogP contribution is 2.24. The molecule has 0 spiro atoms. The quantitative estimate of drug-likeness (QED) is 0.805. The summed E-state index contributed by atoms with van der Waals surface area (Å²) in [5, 5.41) is 0.